The molecule has 3 rings (SSSR count). The van der Waals surface area contributed by atoms with E-state index in [-0.39, 0.29) is 18.1 Å². The fraction of sp³-hybridized carbons (Fsp3) is 0.100. The molecule has 1 aliphatic heterocycles. The van der Waals surface area contributed by atoms with Gasteiger partial charge in [0.25, 0.3) is 0 Å². The number of benzene rings is 1. The molecule has 1 aromatic heterocycles. The van der Waals surface area contributed by atoms with Crippen LogP contribution in [0.5, 0.6) is 11.5 Å². The maximum atomic E-state index is 11.3. The SMILES string of the molecule is O=C(O)c1c(-n2nccn2)ccc2c1OCO2. The lowest BCUT2D eigenvalue weighted by Crippen LogP contribution is -2.09. The molecule has 0 aliphatic carbocycles. The monoisotopic (exact) mass is 233 g/mol. The lowest BCUT2D eigenvalue weighted by atomic mass is 10.1. The Hall–Kier alpha value is -2.57. The van der Waals surface area contributed by atoms with Crippen molar-refractivity contribution in [3.8, 4) is 17.2 Å². The predicted molar refractivity (Wildman–Crippen MR) is 54.4 cm³/mol. The van der Waals surface area contributed by atoms with E-state index in [1.54, 1.807) is 12.1 Å². The second kappa shape index (κ2) is 3.48. The van der Waals surface area contributed by atoms with Crippen molar-refractivity contribution in [1.82, 2.24) is 15.0 Å². The summed E-state index contributed by atoms with van der Waals surface area (Å²) in [6, 6.07) is 3.21. The molecule has 2 aromatic rings. The summed E-state index contributed by atoms with van der Waals surface area (Å²) in [5, 5.41) is 17.0. The summed E-state index contributed by atoms with van der Waals surface area (Å²) in [4.78, 5) is 12.5. The first-order chi connectivity index (χ1) is 8.27. The molecule has 0 saturated heterocycles. The summed E-state index contributed by atoms with van der Waals surface area (Å²) < 4.78 is 10.3. The van der Waals surface area contributed by atoms with Gasteiger partial charge in [0.15, 0.2) is 11.5 Å². The molecule has 0 radical (unpaired) electrons. The number of carbonyl (C=O) groups is 1. The number of hydrogen-bond acceptors (Lipinski definition) is 5. The van der Waals surface area contributed by atoms with Crippen LogP contribution in [-0.4, -0.2) is 32.9 Å². The Labute approximate surface area is 95.2 Å². The number of aromatic nitrogens is 3. The molecule has 0 unspecified atom stereocenters. The van der Waals surface area contributed by atoms with Gasteiger partial charge in [-0.3, -0.25) is 0 Å². The second-order valence-electron chi connectivity index (χ2n) is 3.32. The molecule has 7 nitrogen and oxygen atoms in total. The Morgan fingerprint density at radius 1 is 1.29 bits per heavy atom. The summed E-state index contributed by atoms with van der Waals surface area (Å²) in [6.45, 7) is 0.0194. The van der Waals surface area contributed by atoms with Gasteiger partial charge in [0.2, 0.25) is 6.79 Å². The van der Waals surface area contributed by atoms with Crippen LogP contribution >= 0.6 is 0 Å². The molecule has 0 amide bonds. The normalized spacial score (nSPS) is 12.7. The molecule has 1 aliphatic rings. The van der Waals surface area contributed by atoms with E-state index in [1.165, 1.54) is 17.2 Å². The largest absolute Gasteiger partial charge is 0.477 e. The molecule has 0 atom stereocenters. The summed E-state index contributed by atoms with van der Waals surface area (Å²) in [7, 11) is 0. The Kier molecular flexibility index (Phi) is 1.97. The van der Waals surface area contributed by atoms with Crippen molar-refractivity contribution in [3.05, 3.63) is 30.1 Å². The number of carboxylic acids is 1. The lowest BCUT2D eigenvalue weighted by molar-refractivity contribution is 0.0691. The van der Waals surface area contributed by atoms with E-state index >= 15 is 0 Å². The summed E-state index contributed by atoms with van der Waals surface area (Å²) in [6.07, 6.45) is 2.94. The molecular weight excluding hydrogens is 226 g/mol. The van der Waals surface area contributed by atoms with E-state index in [0.717, 1.165) is 0 Å². The summed E-state index contributed by atoms with van der Waals surface area (Å²) in [5.41, 5.74) is 0.336. The molecule has 0 saturated carbocycles. The standard InChI is InChI=1S/C10H7N3O4/c14-10(15)8-6(13-11-3-4-12-13)1-2-7-9(8)17-5-16-7/h1-4H,5H2,(H,14,15). The molecule has 17 heavy (non-hydrogen) atoms. The van der Waals surface area contributed by atoms with Crippen molar-refractivity contribution in [2.45, 2.75) is 0 Å². The van der Waals surface area contributed by atoms with Crippen molar-refractivity contribution >= 4 is 5.97 Å². The van der Waals surface area contributed by atoms with Crippen molar-refractivity contribution in [2.24, 2.45) is 0 Å². The first-order valence-corrected chi connectivity index (χ1v) is 4.80. The van der Waals surface area contributed by atoms with Crippen LogP contribution in [-0.2, 0) is 0 Å². The molecule has 1 aromatic carbocycles. The van der Waals surface area contributed by atoms with Crippen LogP contribution in [0, 0.1) is 0 Å². The summed E-state index contributed by atoms with van der Waals surface area (Å²) in [5.74, 6) is -0.481. The van der Waals surface area contributed by atoms with Crippen LogP contribution in [0.2, 0.25) is 0 Å². The van der Waals surface area contributed by atoms with Crippen LogP contribution in [0.25, 0.3) is 5.69 Å². The molecular formula is C10H7N3O4. The van der Waals surface area contributed by atoms with Gasteiger partial charge in [-0.05, 0) is 12.1 Å². The average molecular weight is 233 g/mol. The molecule has 1 N–H and O–H groups in total. The Balaban J connectivity index is 2.26. The third-order valence-electron chi connectivity index (χ3n) is 2.37. The minimum atomic E-state index is -1.11. The van der Waals surface area contributed by atoms with Gasteiger partial charge in [0.1, 0.15) is 11.3 Å². The van der Waals surface area contributed by atoms with E-state index in [1.807, 2.05) is 0 Å². The molecule has 86 valence electrons. The van der Waals surface area contributed by atoms with Gasteiger partial charge in [-0.15, -0.1) is 0 Å². The molecule has 0 spiro atoms. The van der Waals surface area contributed by atoms with Gasteiger partial charge in [-0.25, -0.2) is 4.79 Å². The first-order valence-electron chi connectivity index (χ1n) is 4.80. The van der Waals surface area contributed by atoms with E-state index in [9.17, 15) is 9.90 Å². The zero-order valence-corrected chi connectivity index (χ0v) is 8.53. The van der Waals surface area contributed by atoms with Crippen molar-refractivity contribution in [1.29, 1.82) is 0 Å². The van der Waals surface area contributed by atoms with Gasteiger partial charge in [-0.1, -0.05) is 0 Å². The highest BCUT2D eigenvalue weighted by atomic mass is 16.7. The number of nitrogens with zero attached hydrogens (tertiary/aromatic N) is 3. The number of hydrogen-bond donors (Lipinski definition) is 1. The highest BCUT2D eigenvalue weighted by Gasteiger charge is 2.26. The minimum absolute atomic E-state index is 0.00352. The first kappa shape index (κ1) is 9.64. The Bertz CT molecular complexity index is 579. The third kappa shape index (κ3) is 1.40. The maximum absolute atomic E-state index is 11.3. The van der Waals surface area contributed by atoms with Gasteiger partial charge in [-0.2, -0.15) is 15.0 Å². The number of fused-ring (bicyclic) bond motifs is 1. The molecule has 0 fully saturated rings. The van der Waals surface area contributed by atoms with Crippen molar-refractivity contribution in [3.63, 3.8) is 0 Å². The second-order valence-corrected chi connectivity index (χ2v) is 3.32. The number of ether oxygens (including phenoxy) is 2. The third-order valence-corrected chi connectivity index (χ3v) is 2.37. The average Bonchev–Trinajstić information content (AvgIpc) is 2.98. The molecule has 7 heteroatoms. The van der Waals surface area contributed by atoms with Gasteiger partial charge in [0, 0.05) is 0 Å². The number of carboxylic acid groups (broad SMARTS) is 1. The Morgan fingerprint density at radius 3 is 2.76 bits per heavy atom. The zero-order valence-electron chi connectivity index (χ0n) is 8.53. The van der Waals surface area contributed by atoms with E-state index < -0.39 is 5.97 Å². The molecule has 0 bridgehead atoms. The van der Waals surface area contributed by atoms with Crippen LogP contribution < -0.4 is 9.47 Å². The number of rotatable bonds is 2. The fourth-order valence-corrected chi connectivity index (χ4v) is 1.68. The zero-order chi connectivity index (χ0) is 11.8. The van der Waals surface area contributed by atoms with Crippen molar-refractivity contribution in [2.75, 3.05) is 6.79 Å². The topological polar surface area (TPSA) is 86.5 Å². The molecule has 2 heterocycles. The van der Waals surface area contributed by atoms with Crippen LogP contribution in [0.4, 0.5) is 0 Å². The van der Waals surface area contributed by atoms with E-state index in [4.69, 9.17) is 9.47 Å². The fourth-order valence-electron chi connectivity index (χ4n) is 1.68. The smallest absolute Gasteiger partial charge is 0.341 e. The summed E-state index contributed by atoms with van der Waals surface area (Å²) >= 11 is 0. The van der Waals surface area contributed by atoms with E-state index in [0.29, 0.717) is 11.4 Å². The van der Waals surface area contributed by atoms with E-state index in [2.05, 4.69) is 10.2 Å². The van der Waals surface area contributed by atoms with Crippen molar-refractivity contribution < 1.29 is 19.4 Å². The predicted octanol–water partition coefficient (Wildman–Crippen LogP) is 0.694. The number of aromatic carboxylic acids is 1. The quantitative estimate of drug-likeness (QED) is 0.821. The van der Waals surface area contributed by atoms with Gasteiger partial charge >= 0.3 is 5.97 Å². The highest BCUT2D eigenvalue weighted by Crippen LogP contribution is 2.38. The maximum Gasteiger partial charge on any atom is 0.341 e. The van der Waals surface area contributed by atoms with Crippen LogP contribution in [0.15, 0.2) is 24.5 Å². The van der Waals surface area contributed by atoms with Gasteiger partial charge in [0.05, 0.1) is 12.4 Å². The van der Waals surface area contributed by atoms with Crippen LogP contribution in [0.1, 0.15) is 10.4 Å². The van der Waals surface area contributed by atoms with Gasteiger partial charge < -0.3 is 14.6 Å². The minimum Gasteiger partial charge on any atom is -0.477 e. The Morgan fingerprint density at radius 2 is 2.06 bits per heavy atom. The van der Waals surface area contributed by atoms with Crippen LogP contribution in [0.3, 0.4) is 0 Å². The highest BCUT2D eigenvalue weighted by molar-refractivity contribution is 5.96. The lowest BCUT2D eigenvalue weighted by Gasteiger charge is -2.07.